The van der Waals surface area contributed by atoms with Crippen LogP contribution in [0.4, 0.5) is 0 Å². The van der Waals surface area contributed by atoms with Crippen LogP contribution in [-0.4, -0.2) is 16.2 Å². The van der Waals surface area contributed by atoms with Crippen LogP contribution in [0.2, 0.25) is 0 Å². The van der Waals surface area contributed by atoms with E-state index in [4.69, 9.17) is 0 Å². The van der Waals surface area contributed by atoms with Crippen LogP contribution in [0.25, 0.3) is 0 Å². The van der Waals surface area contributed by atoms with Crippen LogP contribution < -0.4 is 5.32 Å². The highest BCUT2D eigenvalue weighted by Crippen LogP contribution is 2.23. The largest absolute Gasteiger partial charge is 0.308 e. The minimum Gasteiger partial charge on any atom is -0.308 e. The zero-order valence-electron chi connectivity index (χ0n) is 10.6. The highest BCUT2D eigenvalue weighted by molar-refractivity contribution is 7.98. The maximum absolute atomic E-state index is 4.22. The van der Waals surface area contributed by atoms with Crippen LogP contribution >= 0.6 is 23.1 Å². The second-order valence-electron chi connectivity index (χ2n) is 4.23. The van der Waals surface area contributed by atoms with Crippen molar-refractivity contribution in [3.8, 4) is 0 Å². The van der Waals surface area contributed by atoms with Gasteiger partial charge in [-0.1, -0.05) is 43.4 Å². The van der Waals surface area contributed by atoms with Crippen LogP contribution in [0.3, 0.4) is 0 Å². The van der Waals surface area contributed by atoms with E-state index in [1.807, 2.05) is 6.07 Å². The van der Waals surface area contributed by atoms with Crippen LogP contribution in [0.5, 0.6) is 0 Å². The Balaban J connectivity index is 1.83. The van der Waals surface area contributed by atoms with E-state index in [1.54, 1.807) is 23.1 Å². The molecule has 2 rings (SSSR count). The lowest BCUT2D eigenvalue weighted by molar-refractivity contribution is 0.584. The molecule has 0 fully saturated rings. The first-order chi connectivity index (χ1) is 8.74. The fourth-order valence-corrected chi connectivity index (χ4v) is 3.07. The second-order valence-corrected chi connectivity index (χ2v) is 6.42. The van der Waals surface area contributed by atoms with E-state index in [2.05, 4.69) is 53.6 Å². The van der Waals surface area contributed by atoms with Crippen LogP contribution in [0.15, 0.2) is 35.2 Å². The number of hydrogen-bond acceptors (Lipinski definition) is 5. The third-order valence-electron chi connectivity index (χ3n) is 2.28. The summed E-state index contributed by atoms with van der Waals surface area (Å²) in [6.07, 6.45) is 0. The lowest BCUT2D eigenvalue weighted by Crippen LogP contribution is -2.21. The molecule has 0 unspecified atom stereocenters. The number of rotatable bonds is 6. The highest BCUT2D eigenvalue weighted by atomic mass is 32.2. The minimum absolute atomic E-state index is 0.482. The molecule has 0 amide bonds. The van der Waals surface area contributed by atoms with E-state index in [9.17, 15) is 0 Å². The first-order valence-electron chi connectivity index (χ1n) is 5.96. The number of nitrogens with zero attached hydrogens (tertiary/aromatic N) is 2. The zero-order valence-corrected chi connectivity index (χ0v) is 12.2. The van der Waals surface area contributed by atoms with Crippen LogP contribution in [0, 0.1) is 0 Å². The van der Waals surface area contributed by atoms with E-state index in [1.165, 1.54) is 4.90 Å². The molecule has 5 heteroatoms. The molecule has 0 atom stereocenters. The average molecular weight is 279 g/mol. The van der Waals surface area contributed by atoms with Crippen molar-refractivity contribution < 1.29 is 0 Å². The van der Waals surface area contributed by atoms with Crippen LogP contribution in [0.1, 0.15) is 23.9 Å². The topological polar surface area (TPSA) is 37.8 Å². The van der Waals surface area contributed by atoms with Crippen molar-refractivity contribution in [2.75, 3.05) is 0 Å². The summed E-state index contributed by atoms with van der Waals surface area (Å²) in [6, 6.07) is 10.9. The summed E-state index contributed by atoms with van der Waals surface area (Å²) in [5.41, 5.74) is 0. The summed E-state index contributed by atoms with van der Waals surface area (Å²) < 4.78 is 0. The number of thioether (sulfide) groups is 1. The first-order valence-corrected chi connectivity index (χ1v) is 7.77. The van der Waals surface area contributed by atoms with Gasteiger partial charge >= 0.3 is 0 Å². The molecule has 0 aliphatic rings. The van der Waals surface area contributed by atoms with Crippen molar-refractivity contribution in [1.29, 1.82) is 0 Å². The van der Waals surface area contributed by atoms with Gasteiger partial charge in [0.05, 0.1) is 5.75 Å². The van der Waals surface area contributed by atoms with E-state index >= 15 is 0 Å². The Morgan fingerprint density at radius 2 is 1.89 bits per heavy atom. The Morgan fingerprint density at radius 1 is 1.17 bits per heavy atom. The maximum atomic E-state index is 4.22. The molecule has 0 bridgehead atoms. The quantitative estimate of drug-likeness (QED) is 0.823. The summed E-state index contributed by atoms with van der Waals surface area (Å²) in [4.78, 5) is 1.27. The molecule has 1 N–H and O–H groups in total. The zero-order chi connectivity index (χ0) is 12.8. The van der Waals surface area contributed by atoms with Crippen molar-refractivity contribution >= 4 is 23.1 Å². The Bertz CT molecular complexity index is 468. The van der Waals surface area contributed by atoms with E-state index < -0.39 is 0 Å². The minimum atomic E-state index is 0.482. The van der Waals surface area contributed by atoms with Gasteiger partial charge in [-0.2, -0.15) is 0 Å². The molecule has 0 aliphatic heterocycles. The molecule has 3 nitrogen and oxygen atoms in total. The Kier molecular flexibility index (Phi) is 5.16. The number of hydrogen-bond donors (Lipinski definition) is 1. The predicted molar refractivity (Wildman–Crippen MR) is 77.9 cm³/mol. The fourth-order valence-electron chi connectivity index (χ4n) is 1.37. The number of aromatic nitrogens is 2. The van der Waals surface area contributed by atoms with E-state index in [0.717, 1.165) is 22.3 Å². The summed E-state index contributed by atoms with van der Waals surface area (Å²) in [5, 5.41) is 13.9. The summed E-state index contributed by atoms with van der Waals surface area (Å²) >= 11 is 3.49. The highest BCUT2D eigenvalue weighted by Gasteiger charge is 2.05. The molecular formula is C13H17N3S2. The van der Waals surface area contributed by atoms with Gasteiger partial charge in [-0.05, 0) is 12.1 Å². The van der Waals surface area contributed by atoms with Gasteiger partial charge < -0.3 is 5.32 Å². The first kappa shape index (κ1) is 13.5. The Labute approximate surface area is 116 Å². The third kappa shape index (κ3) is 4.40. The molecule has 0 aliphatic carbocycles. The SMILES string of the molecule is CC(C)NCc1nnc(CSc2ccccc2)s1. The normalized spacial score (nSPS) is 11.1. The van der Waals surface area contributed by atoms with Gasteiger partial charge in [0.1, 0.15) is 10.0 Å². The van der Waals surface area contributed by atoms with Gasteiger partial charge in [-0.15, -0.1) is 22.0 Å². The lowest BCUT2D eigenvalue weighted by Gasteiger charge is -2.03. The van der Waals surface area contributed by atoms with Gasteiger partial charge in [0, 0.05) is 17.5 Å². The maximum Gasteiger partial charge on any atom is 0.131 e. The van der Waals surface area contributed by atoms with E-state index in [0.29, 0.717) is 6.04 Å². The Hall–Kier alpha value is -0.910. The number of benzene rings is 1. The smallest absolute Gasteiger partial charge is 0.131 e. The molecule has 0 radical (unpaired) electrons. The lowest BCUT2D eigenvalue weighted by atomic mass is 10.4. The molecule has 1 aromatic carbocycles. The Morgan fingerprint density at radius 3 is 2.61 bits per heavy atom. The van der Waals surface area contributed by atoms with Crippen molar-refractivity contribution in [1.82, 2.24) is 15.5 Å². The number of nitrogens with one attached hydrogen (secondary N) is 1. The molecule has 96 valence electrons. The molecule has 0 saturated carbocycles. The fraction of sp³-hybridized carbons (Fsp3) is 0.385. The van der Waals surface area contributed by atoms with Crippen LogP contribution in [-0.2, 0) is 12.3 Å². The molecule has 1 aromatic heterocycles. The summed E-state index contributed by atoms with van der Waals surface area (Å²) in [5.74, 6) is 0.892. The predicted octanol–water partition coefficient (Wildman–Crippen LogP) is 3.33. The average Bonchev–Trinajstić information content (AvgIpc) is 2.83. The molecule has 2 aromatic rings. The monoisotopic (exact) mass is 279 g/mol. The van der Waals surface area contributed by atoms with Gasteiger partial charge in [0.2, 0.25) is 0 Å². The second kappa shape index (κ2) is 6.87. The van der Waals surface area contributed by atoms with Crippen molar-refractivity contribution in [2.45, 2.75) is 37.1 Å². The van der Waals surface area contributed by atoms with E-state index in [-0.39, 0.29) is 0 Å². The summed E-state index contributed by atoms with van der Waals surface area (Å²) in [6.45, 7) is 5.08. The van der Waals surface area contributed by atoms with Gasteiger partial charge in [-0.3, -0.25) is 0 Å². The van der Waals surface area contributed by atoms with Gasteiger partial charge in [0.25, 0.3) is 0 Å². The molecule has 18 heavy (non-hydrogen) atoms. The van der Waals surface area contributed by atoms with Crippen molar-refractivity contribution in [3.63, 3.8) is 0 Å². The summed E-state index contributed by atoms with van der Waals surface area (Å²) in [7, 11) is 0. The molecule has 1 heterocycles. The molecule has 0 spiro atoms. The van der Waals surface area contributed by atoms with Gasteiger partial charge in [0.15, 0.2) is 0 Å². The molecule has 0 saturated heterocycles. The van der Waals surface area contributed by atoms with Gasteiger partial charge in [-0.25, -0.2) is 0 Å². The molecular weight excluding hydrogens is 262 g/mol. The third-order valence-corrected chi connectivity index (χ3v) is 4.40. The van der Waals surface area contributed by atoms with Crippen molar-refractivity contribution in [3.05, 3.63) is 40.3 Å². The standard InChI is InChI=1S/C13H17N3S2/c1-10(2)14-8-12-15-16-13(18-12)9-17-11-6-4-3-5-7-11/h3-7,10,14H,8-9H2,1-2H3. The van der Waals surface area contributed by atoms with Crippen molar-refractivity contribution in [2.24, 2.45) is 0 Å².